The minimum Gasteiger partial charge on any atom is -0.457 e. The number of aliphatic imine (C=N–C) groups is 2. The summed E-state index contributed by atoms with van der Waals surface area (Å²) in [7, 11) is 0. The molecule has 8 bridgehead atoms. The molecule has 9 aliphatic heterocycles. The number of ether oxygens (including phenoxy) is 4. The molecule has 9 rings (SSSR count). The fourth-order valence-electron chi connectivity index (χ4n) is 8.37. The molecule has 18 nitrogen and oxygen atoms in total. The van der Waals surface area contributed by atoms with E-state index in [4.69, 9.17) is 28.9 Å². The Kier molecular flexibility index (Phi) is 9.22. The van der Waals surface area contributed by atoms with E-state index in [-0.39, 0.29) is 0 Å². The zero-order valence-electron chi connectivity index (χ0n) is 26.0. The van der Waals surface area contributed by atoms with Gasteiger partial charge in [-0.05, 0) is 0 Å². The minimum atomic E-state index is -1.65. The van der Waals surface area contributed by atoms with Crippen LogP contribution in [0.25, 0.3) is 0 Å². The number of rotatable bonds is 12. The van der Waals surface area contributed by atoms with E-state index in [2.05, 4.69) is 29.4 Å². The standard InChI is InChI=1S/C28H46N8O10/c1-18(39)43-25-23(41)21(5-38)46-26(24(25)42)45-19(2-29-27-6-31-12-32(7-27)14-33(8-27)13-31)20(4-37)44-22(40)3-30-28-9-34-15-35(10-28)17-36(11-28)16-34/h2-3,19-26,37-38,40-42H,4-17H2,1H3/t19-,20-,21-,22+,23+,24-,25+,26-/m1/s1. The number of carbonyl (C=O) groups is 1. The molecule has 18 heteroatoms. The summed E-state index contributed by atoms with van der Waals surface area (Å²) >= 11 is 0. The third-order valence-electron chi connectivity index (χ3n) is 9.75. The van der Waals surface area contributed by atoms with Crippen LogP contribution in [0.3, 0.4) is 0 Å². The summed E-state index contributed by atoms with van der Waals surface area (Å²) < 4.78 is 22.9. The Morgan fingerprint density at radius 3 is 1.76 bits per heavy atom. The fraction of sp³-hybridized carbons (Fsp3) is 0.893. The second-order valence-corrected chi connectivity index (χ2v) is 14.0. The topological polar surface area (TPSA) is 199 Å². The lowest BCUT2D eigenvalue weighted by Crippen LogP contribution is -2.75. The molecule has 0 aromatic rings. The van der Waals surface area contributed by atoms with Crippen LogP contribution in [0.4, 0.5) is 0 Å². The normalized spacial score (nSPS) is 47.9. The number of hydrogen-bond donors (Lipinski definition) is 5. The summed E-state index contributed by atoms with van der Waals surface area (Å²) in [5, 5.41) is 52.9. The summed E-state index contributed by atoms with van der Waals surface area (Å²) in [6.07, 6.45) is -8.36. The predicted octanol–water partition coefficient (Wildman–Crippen LogP) is -5.30. The molecule has 0 saturated carbocycles. The molecule has 0 radical (unpaired) electrons. The number of carbonyl (C=O) groups excluding carboxylic acids is 1. The Morgan fingerprint density at radius 2 is 1.33 bits per heavy atom. The van der Waals surface area contributed by atoms with Crippen LogP contribution in [0.15, 0.2) is 9.98 Å². The molecular formula is C28H46N8O10. The Balaban J connectivity index is 1.10. The van der Waals surface area contributed by atoms with Gasteiger partial charge in [0.1, 0.15) is 30.5 Å². The van der Waals surface area contributed by atoms with Gasteiger partial charge in [-0.2, -0.15) is 0 Å². The zero-order valence-corrected chi connectivity index (χ0v) is 26.0. The van der Waals surface area contributed by atoms with Gasteiger partial charge in [-0.1, -0.05) is 0 Å². The van der Waals surface area contributed by atoms with E-state index in [1.165, 1.54) is 12.4 Å². The van der Waals surface area contributed by atoms with Crippen molar-refractivity contribution in [2.45, 2.75) is 67.2 Å². The minimum absolute atomic E-state index is 0.393. The zero-order chi connectivity index (χ0) is 32.2. The van der Waals surface area contributed by atoms with Crippen LogP contribution in [0, 0.1) is 0 Å². The molecule has 9 saturated heterocycles. The Morgan fingerprint density at radius 1 is 0.848 bits per heavy atom. The fourth-order valence-corrected chi connectivity index (χ4v) is 8.37. The lowest BCUT2D eigenvalue weighted by Gasteiger charge is -2.59. The molecular weight excluding hydrogens is 608 g/mol. The van der Waals surface area contributed by atoms with Gasteiger partial charge < -0.3 is 44.5 Å². The smallest absolute Gasteiger partial charge is 0.303 e. The molecule has 0 aromatic carbocycles. The Labute approximate surface area is 266 Å². The van der Waals surface area contributed by atoms with Crippen LogP contribution >= 0.6 is 0 Å². The number of esters is 1. The first-order valence-corrected chi connectivity index (χ1v) is 15.9. The van der Waals surface area contributed by atoms with E-state index in [1.807, 2.05) is 0 Å². The molecule has 258 valence electrons. The van der Waals surface area contributed by atoms with Crippen LogP contribution in [0.5, 0.6) is 0 Å². The highest BCUT2D eigenvalue weighted by Gasteiger charge is 2.51. The molecule has 0 amide bonds. The van der Waals surface area contributed by atoms with E-state index in [1.54, 1.807) is 0 Å². The van der Waals surface area contributed by atoms with E-state index in [0.29, 0.717) is 0 Å². The lowest BCUT2D eigenvalue weighted by molar-refractivity contribution is -0.315. The van der Waals surface area contributed by atoms with Crippen molar-refractivity contribution in [3.05, 3.63) is 0 Å². The van der Waals surface area contributed by atoms with Gasteiger partial charge in [0.25, 0.3) is 0 Å². The second-order valence-electron chi connectivity index (χ2n) is 14.0. The maximum absolute atomic E-state index is 11.8. The van der Waals surface area contributed by atoms with Gasteiger partial charge in [0.05, 0.1) is 70.5 Å². The van der Waals surface area contributed by atoms with Gasteiger partial charge in [0.15, 0.2) is 18.7 Å². The highest BCUT2D eigenvalue weighted by Crippen LogP contribution is 2.33. The van der Waals surface area contributed by atoms with E-state index >= 15 is 0 Å². The molecule has 8 atom stereocenters. The number of nitrogens with zero attached hydrogens (tertiary/aromatic N) is 8. The van der Waals surface area contributed by atoms with Crippen molar-refractivity contribution < 1.29 is 49.3 Å². The number of hydrogen-bond acceptors (Lipinski definition) is 18. The van der Waals surface area contributed by atoms with E-state index < -0.39 is 79.5 Å². The third kappa shape index (κ3) is 6.61. The highest BCUT2D eigenvalue weighted by molar-refractivity contribution is 5.66. The average molecular weight is 655 g/mol. The van der Waals surface area contributed by atoms with Crippen LogP contribution in [-0.2, 0) is 23.7 Å². The van der Waals surface area contributed by atoms with Crippen molar-refractivity contribution in [1.82, 2.24) is 29.4 Å². The van der Waals surface area contributed by atoms with Crippen molar-refractivity contribution >= 4 is 18.4 Å². The first-order valence-electron chi connectivity index (χ1n) is 15.9. The SMILES string of the molecule is CC(=O)O[C@H]1[C@@H](O)[C@@H](CO)O[C@@H](O[C@H](C=NC23CN4CN(CN(C4)C2)C3)[C@@H](CO)O[C@H](O)C=NC23CN4CN(CN(C4)C2)C3)[C@@H]1O. The summed E-state index contributed by atoms with van der Waals surface area (Å²) in [5.41, 5.74) is -0.860. The maximum atomic E-state index is 11.8. The van der Waals surface area contributed by atoms with Crippen LogP contribution in [0.2, 0.25) is 0 Å². The molecule has 9 fully saturated rings. The van der Waals surface area contributed by atoms with Gasteiger partial charge in [0.2, 0.25) is 0 Å². The van der Waals surface area contributed by atoms with Crippen molar-refractivity contribution in [2.75, 3.05) is 92.5 Å². The highest BCUT2D eigenvalue weighted by atomic mass is 16.7. The first-order chi connectivity index (χ1) is 22.0. The molecule has 9 heterocycles. The van der Waals surface area contributed by atoms with Crippen molar-refractivity contribution in [2.24, 2.45) is 9.98 Å². The lowest BCUT2D eigenvalue weighted by atomic mass is 9.91. The van der Waals surface area contributed by atoms with Crippen LogP contribution in [-0.4, -0.2) is 226 Å². The summed E-state index contributed by atoms with van der Waals surface area (Å²) in [6.45, 7) is 9.68. The van der Waals surface area contributed by atoms with Gasteiger partial charge >= 0.3 is 5.97 Å². The largest absolute Gasteiger partial charge is 0.457 e. The Hall–Kier alpha value is -1.75. The maximum Gasteiger partial charge on any atom is 0.303 e. The van der Waals surface area contributed by atoms with Gasteiger partial charge in [-0.3, -0.25) is 44.2 Å². The van der Waals surface area contributed by atoms with Crippen molar-refractivity contribution in [3.8, 4) is 0 Å². The van der Waals surface area contributed by atoms with E-state index in [0.717, 1.165) is 86.2 Å². The van der Waals surface area contributed by atoms with Gasteiger partial charge in [-0.25, -0.2) is 0 Å². The monoisotopic (exact) mass is 654 g/mol. The quantitative estimate of drug-likeness (QED) is 0.0759. The van der Waals surface area contributed by atoms with Crippen LogP contribution < -0.4 is 0 Å². The van der Waals surface area contributed by atoms with Gasteiger partial charge in [0, 0.05) is 52.4 Å². The summed E-state index contributed by atoms with van der Waals surface area (Å²) in [4.78, 5) is 35.3. The second kappa shape index (κ2) is 12.9. The van der Waals surface area contributed by atoms with Crippen molar-refractivity contribution in [3.63, 3.8) is 0 Å². The summed E-state index contributed by atoms with van der Waals surface area (Å²) in [6, 6.07) is 0. The molecule has 0 spiro atoms. The molecule has 46 heavy (non-hydrogen) atoms. The first kappa shape index (κ1) is 32.8. The Bertz CT molecular complexity index is 1110. The molecule has 5 N–H and O–H groups in total. The molecule has 0 unspecified atom stereocenters. The number of aliphatic hydroxyl groups excluding tert-OH is 5. The predicted molar refractivity (Wildman–Crippen MR) is 158 cm³/mol. The summed E-state index contributed by atoms with van der Waals surface area (Å²) in [5.74, 6) is -0.747. The van der Waals surface area contributed by atoms with Crippen LogP contribution in [0.1, 0.15) is 6.92 Å². The molecule has 9 aliphatic rings. The van der Waals surface area contributed by atoms with Crippen molar-refractivity contribution in [1.29, 1.82) is 0 Å². The third-order valence-corrected chi connectivity index (χ3v) is 9.75. The van der Waals surface area contributed by atoms with E-state index in [9.17, 15) is 30.3 Å². The average Bonchev–Trinajstić information content (AvgIpc) is 2.99. The van der Waals surface area contributed by atoms with Gasteiger partial charge in [-0.15, -0.1) is 0 Å². The number of aliphatic hydroxyl groups is 5. The molecule has 0 aromatic heterocycles. The molecule has 0 aliphatic carbocycles.